The minimum absolute atomic E-state index is 0.142. The standard InChI is InChI=1S/C30H29N5O9/c1-16-25(29(36)32-19-6-10-21(11-7-19)34(38)39)27(18-14-23(42-3)28(44-5)24(15-18)43-4)26(17(2)31-16)30(37)33-20-8-12-22(13-9-20)35(40)41/h6-15,27,31H,1-5H3,(H,32,36)(H,33,37). The van der Waals surface area contributed by atoms with Crippen molar-refractivity contribution in [3.8, 4) is 17.2 Å². The predicted octanol–water partition coefficient (Wildman–Crippen LogP) is 5.04. The van der Waals surface area contributed by atoms with E-state index in [1.807, 2.05) is 0 Å². The van der Waals surface area contributed by atoms with Crippen LogP contribution in [0.25, 0.3) is 0 Å². The number of nitrogens with zero attached hydrogens (tertiary/aromatic N) is 2. The third kappa shape index (κ3) is 6.28. The van der Waals surface area contributed by atoms with E-state index in [0.29, 0.717) is 45.6 Å². The minimum Gasteiger partial charge on any atom is -0.493 e. The molecule has 3 N–H and O–H groups in total. The zero-order chi connectivity index (χ0) is 32.1. The van der Waals surface area contributed by atoms with Gasteiger partial charge in [0.2, 0.25) is 5.75 Å². The van der Waals surface area contributed by atoms with Gasteiger partial charge >= 0.3 is 0 Å². The van der Waals surface area contributed by atoms with E-state index in [-0.39, 0.29) is 22.5 Å². The summed E-state index contributed by atoms with van der Waals surface area (Å²) in [4.78, 5) is 48.9. The summed E-state index contributed by atoms with van der Waals surface area (Å²) < 4.78 is 16.5. The van der Waals surface area contributed by atoms with Crippen LogP contribution in [0, 0.1) is 20.2 Å². The van der Waals surface area contributed by atoms with E-state index in [2.05, 4.69) is 16.0 Å². The lowest BCUT2D eigenvalue weighted by Gasteiger charge is -2.32. The van der Waals surface area contributed by atoms with Gasteiger partial charge in [0.15, 0.2) is 11.5 Å². The van der Waals surface area contributed by atoms with Gasteiger partial charge < -0.3 is 30.2 Å². The maximum Gasteiger partial charge on any atom is 0.269 e. The molecule has 228 valence electrons. The number of hydrogen-bond donors (Lipinski definition) is 3. The first-order valence-electron chi connectivity index (χ1n) is 13.1. The van der Waals surface area contributed by atoms with Crippen molar-refractivity contribution in [1.29, 1.82) is 0 Å². The van der Waals surface area contributed by atoms with Gasteiger partial charge in [0.1, 0.15) is 0 Å². The third-order valence-corrected chi connectivity index (χ3v) is 6.94. The van der Waals surface area contributed by atoms with E-state index in [1.54, 1.807) is 26.0 Å². The molecule has 0 aliphatic carbocycles. The molecule has 0 atom stereocenters. The highest BCUT2D eigenvalue weighted by atomic mass is 16.6. The Morgan fingerprint density at radius 2 is 1.09 bits per heavy atom. The van der Waals surface area contributed by atoms with Crippen molar-refractivity contribution in [2.75, 3.05) is 32.0 Å². The van der Waals surface area contributed by atoms with E-state index in [0.717, 1.165) is 0 Å². The van der Waals surface area contributed by atoms with Crippen LogP contribution in [0.5, 0.6) is 17.2 Å². The van der Waals surface area contributed by atoms with Gasteiger partial charge in [0, 0.05) is 64.1 Å². The van der Waals surface area contributed by atoms with Crippen LogP contribution in [0.3, 0.4) is 0 Å². The predicted molar refractivity (Wildman–Crippen MR) is 161 cm³/mol. The van der Waals surface area contributed by atoms with Crippen LogP contribution in [0.4, 0.5) is 22.7 Å². The van der Waals surface area contributed by atoms with Crippen molar-refractivity contribution in [2.45, 2.75) is 19.8 Å². The van der Waals surface area contributed by atoms with Gasteiger partial charge in [-0.25, -0.2) is 0 Å². The molecule has 44 heavy (non-hydrogen) atoms. The minimum atomic E-state index is -0.971. The quantitative estimate of drug-likeness (QED) is 0.209. The second kappa shape index (κ2) is 12.9. The van der Waals surface area contributed by atoms with Crippen molar-refractivity contribution in [3.63, 3.8) is 0 Å². The number of non-ortho nitro benzene ring substituents is 2. The molecule has 2 amide bonds. The van der Waals surface area contributed by atoms with Crippen molar-refractivity contribution in [3.05, 3.63) is 109 Å². The molecule has 1 heterocycles. The number of amides is 2. The summed E-state index contributed by atoms with van der Waals surface area (Å²) in [7, 11) is 4.33. The Morgan fingerprint density at radius 3 is 1.41 bits per heavy atom. The van der Waals surface area contributed by atoms with Crippen molar-refractivity contribution >= 4 is 34.6 Å². The van der Waals surface area contributed by atoms with Gasteiger partial charge in [-0.05, 0) is 55.8 Å². The average Bonchev–Trinajstić information content (AvgIpc) is 3.00. The number of nitro benzene ring substituents is 2. The zero-order valence-electron chi connectivity index (χ0n) is 24.4. The fourth-order valence-corrected chi connectivity index (χ4v) is 4.93. The molecule has 0 aromatic heterocycles. The fourth-order valence-electron chi connectivity index (χ4n) is 4.93. The first kappa shape index (κ1) is 31.0. The number of methoxy groups -OCH3 is 3. The smallest absolute Gasteiger partial charge is 0.269 e. The highest BCUT2D eigenvalue weighted by Crippen LogP contribution is 2.46. The van der Waals surface area contributed by atoms with Gasteiger partial charge in [-0.15, -0.1) is 0 Å². The van der Waals surface area contributed by atoms with Crippen molar-refractivity contribution in [1.82, 2.24) is 5.32 Å². The Kier molecular flexibility index (Phi) is 9.12. The van der Waals surface area contributed by atoms with Crippen LogP contribution in [-0.4, -0.2) is 43.0 Å². The van der Waals surface area contributed by atoms with Gasteiger partial charge in [0.05, 0.1) is 31.2 Å². The number of benzene rings is 3. The van der Waals surface area contributed by atoms with E-state index in [1.165, 1.54) is 69.9 Å². The summed E-state index contributed by atoms with van der Waals surface area (Å²) in [6.07, 6.45) is 0. The normalized spacial score (nSPS) is 13.1. The topological polar surface area (TPSA) is 184 Å². The maximum absolute atomic E-state index is 13.9. The summed E-state index contributed by atoms with van der Waals surface area (Å²) in [6, 6.07) is 13.9. The van der Waals surface area contributed by atoms with Crippen LogP contribution >= 0.6 is 0 Å². The first-order valence-corrected chi connectivity index (χ1v) is 13.1. The number of nitro groups is 2. The molecule has 4 rings (SSSR count). The summed E-state index contributed by atoms with van der Waals surface area (Å²) >= 11 is 0. The van der Waals surface area contributed by atoms with E-state index in [4.69, 9.17) is 14.2 Å². The summed E-state index contributed by atoms with van der Waals surface area (Å²) in [5.41, 5.74) is 2.03. The molecule has 0 radical (unpaired) electrons. The summed E-state index contributed by atoms with van der Waals surface area (Å²) in [5.74, 6) is -1.22. The molecule has 3 aromatic carbocycles. The first-order chi connectivity index (χ1) is 21.0. The lowest BCUT2D eigenvalue weighted by molar-refractivity contribution is -0.385. The van der Waals surface area contributed by atoms with Crippen LogP contribution in [0.2, 0.25) is 0 Å². The molecular weight excluding hydrogens is 574 g/mol. The van der Waals surface area contributed by atoms with Crippen LogP contribution in [-0.2, 0) is 9.59 Å². The van der Waals surface area contributed by atoms with Gasteiger partial charge in [0.25, 0.3) is 23.2 Å². The Bertz CT molecular complexity index is 1580. The molecule has 0 fully saturated rings. The molecule has 14 nitrogen and oxygen atoms in total. The second-order valence-corrected chi connectivity index (χ2v) is 9.61. The number of rotatable bonds is 10. The number of nitrogens with one attached hydrogen (secondary N) is 3. The number of allylic oxidation sites excluding steroid dienone is 2. The van der Waals surface area contributed by atoms with Crippen LogP contribution in [0.1, 0.15) is 25.3 Å². The maximum atomic E-state index is 13.9. The molecule has 0 bridgehead atoms. The highest BCUT2D eigenvalue weighted by molar-refractivity contribution is 6.12. The highest BCUT2D eigenvalue weighted by Gasteiger charge is 2.37. The Hall–Kier alpha value is -5.92. The molecule has 0 spiro atoms. The Labute approximate surface area is 251 Å². The second-order valence-electron chi connectivity index (χ2n) is 9.61. The summed E-state index contributed by atoms with van der Waals surface area (Å²) in [5, 5.41) is 30.8. The Balaban J connectivity index is 1.82. The van der Waals surface area contributed by atoms with Gasteiger partial charge in [-0.2, -0.15) is 0 Å². The molecule has 14 heteroatoms. The number of ether oxygens (including phenoxy) is 3. The molecule has 1 aliphatic heterocycles. The molecular formula is C30H29N5O9. The van der Waals surface area contributed by atoms with E-state index < -0.39 is 27.6 Å². The molecule has 3 aromatic rings. The van der Waals surface area contributed by atoms with E-state index in [9.17, 15) is 29.8 Å². The third-order valence-electron chi connectivity index (χ3n) is 6.94. The lowest BCUT2D eigenvalue weighted by Crippen LogP contribution is -2.35. The zero-order valence-corrected chi connectivity index (χ0v) is 24.4. The number of hydrogen-bond acceptors (Lipinski definition) is 10. The lowest BCUT2D eigenvalue weighted by atomic mass is 9.79. The molecule has 0 saturated heterocycles. The van der Waals surface area contributed by atoms with Crippen LogP contribution in [0.15, 0.2) is 83.2 Å². The van der Waals surface area contributed by atoms with E-state index >= 15 is 0 Å². The molecule has 1 aliphatic rings. The fraction of sp³-hybridized carbons (Fsp3) is 0.200. The van der Waals surface area contributed by atoms with Gasteiger partial charge in [-0.1, -0.05) is 0 Å². The average molecular weight is 604 g/mol. The number of dihydropyridines is 1. The molecule has 0 saturated carbocycles. The number of carbonyl (C=O) groups excluding carboxylic acids is 2. The van der Waals surface area contributed by atoms with Gasteiger partial charge in [-0.3, -0.25) is 29.8 Å². The van der Waals surface area contributed by atoms with Crippen molar-refractivity contribution in [2.24, 2.45) is 0 Å². The molecule has 0 unspecified atom stereocenters. The monoisotopic (exact) mass is 603 g/mol. The van der Waals surface area contributed by atoms with Crippen LogP contribution < -0.4 is 30.2 Å². The summed E-state index contributed by atoms with van der Waals surface area (Å²) in [6.45, 7) is 3.37. The number of carbonyl (C=O) groups is 2. The number of anilines is 2. The van der Waals surface area contributed by atoms with Crippen molar-refractivity contribution < 1.29 is 33.6 Å². The SMILES string of the molecule is COc1cc(C2C(C(=O)Nc3ccc([N+](=O)[O-])cc3)=C(C)NC(C)=C2C(=O)Nc2ccc([N+](=O)[O-])cc2)cc(OC)c1OC. The Morgan fingerprint density at radius 1 is 0.705 bits per heavy atom. The largest absolute Gasteiger partial charge is 0.493 e.